The molecular weight excluding hydrogens is 293 g/mol. The summed E-state index contributed by atoms with van der Waals surface area (Å²) in [7, 11) is 0. The van der Waals surface area contributed by atoms with Crippen molar-refractivity contribution in [3.05, 3.63) is 65.4 Å². The minimum Gasteiger partial charge on any atom is -0.278 e. The van der Waals surface area contributed by atoms with Gasteiger partial charge in [0.1, 0.15) is 0 Å². The summed E-state index contributed by atoms with van der Waals surface area (Å²) in [6.45, 7) is 0. The molecule has 0 aliphatic heterocycles. The highest BCUT2D eigenvalue weighted by Gasteiger charge is 2.14. The quantitative estimate of drug-likeness (QED) is 0.674. The van der Waals surface area contributed by atoms with Crippen molar-refractivity contribution in [3.63, 3.8) is 0 Å². The molecular formula is C15H11Cl2N3. The number of halogens is 2. The average Bonchev–Trinajstić information content (AvgIpc) is 2.92. The number of hydrogen-bond donors (Lipinski definition) is 0. The Morgan fingerprint density at radius 1 is 0.950 bits per heavy atom. The minimum atomic E-state index is 0.294. The SMILES string of the molecule is ClCc1nnc(-c2cccc(Cl)c2)n1-c1ccccc1. The molecule has 100 valence electrons. The first-order chi connectivity index (χ1) is 9.79. The summed E-state index contributed by atoms with van der Waals surface area (Å²) < 4.78 is 1.94. The van der Waals surface area contributed by atoms with E-state index in [1.54, 1.807) is 0 Å². The number of aromatic nitrogens is 3. The van der Waals surface area contributed by atoms with E-state index in [0.717, 1.165) is 17.1 Å². The number of hydrogen-bond acceptors (Lipinski definition) is 2. The molecule has 0 aliphatic rings. The molecule has 0 fully saturated rings. The van der Waals surface area contributed by atoms with Crippen molar-refractivity contribution in [1.82, 2.24) is 14.8 Å². The van der Waals surface area contributed by atoms with E-state index in [9.17, 15) is 0 Å². The molecule has 1 heterocycles. The summed E-state index contributed by atoms with van der Waals surface area (Å²) >= 11 is 12.0. The average molecular weight is 304 g/mol. The van der Waals surface area contributed by atoms with Gasteiger partial charge in [-0.3, -0.25) is 4.57 Å². The summed E-state index contributed by atoms with van der Waals surface area (Å²) in [5.41, 5.74) is 1.88. The van der Waals surface area contributed by atoms with Crippen LogP contribution in [-0.2, 0) is 5.88 Å². The van der Waals surface area contributed by atoms with Crippen molar-refractivity contribution in [2.24, 2.45) is 0 Å². The van der Waals surface area contributed by atoms with Crippen molar-refractivity contribution in [3.8, 4) is 17.1 Å². The smallest absolute Gasteiger partial charge is 0.168 e. The fourth-order valence-corrected chi connectivity index (χ4v) is 2.43. The van der Waals surface area contributed by atoms with Crippen LogP contribution in [0.15, 0.2) is 54.6 Å². The number of rotatable bonds is 3. The van der Waals surface area contributed by atoms with E-state index < -0.39 is 0 Å². The van der Waals surface area contributed by atoms with Crippen molar-refractivity contribution in [2.45, 2.75) is 5.88 Å². The first-order valence-electron chi connectivity index (χ1n) is 6.11. The Morgan fingerprint density at radius 2 is 1.75 bits per heavy atom. The molecule has 5 heteroatoms. The van der Waals surface area contributed by atoms with Crippen LogP contribution in [0.5, 0.6) is 0 Å². The molecule has 0 unspecified atom stereocenters. The first kappa shape index (κ1) is 13.2. The van der Waals surface area contributed by atoms with E-state index in [-0.39, 0.29) is 0 Å². The van der Waals surface area contributed by atoms with Crippen LogP contribution in [0.3, 0.4) is 0 Å². The Morgan fingerprint density at radius 3 is 2.45 bits per heavy atom. The normalized spacial score (nSPS) is 10.7. The third-order valence-corrected chi connectivity index (χ3v) is 3.42. The fourth-order valence-electron chi connectivity index (χ4n) is 2.07. The van der Waals surface area contributed by atoms with Gasteiger partial charge in [0, 0.05) is 16.3 Å². The van der Waals surface area contributed by atoms with Gasteiger partial charge >= 0.3 is 0 Å². The summed E-state index contributed by atoms with van der Waals surface area (Å²) in [6.07, 6.45) is 0. The van der Waals surface area contributed by atoms with Gasteiger partial charge in [-0.25, -0.2) is 0 Å². The third kappa shape index (κ3) is 2.42. The van der Waals surface area contributed by atoms with Crippen LogP contribution in [0.25, 0.3) is 17.1 Å². The number of para-hydroxylation sites is 1. The van der Waals surface area contributed by atoms with Gasteiger partial charge in [-0.15, -0.1) is 21.8 Å². The molecule has 3 aromatic rings. The molecule has 0 spiro atoms. The molecule has 3 nitrogen and oxygen atoms in total. The summed E-state index contributed by atoms with van der Waals surface area (Å²) in [6, 6.07) is 17.4. The Labute approximate surface area is 126 Å². The van der Waals surface area contributed by atoms with Crippen molar-refractivity contribution in [1.29, 1.82) is 0 Å². The molecule has 0 N–H and O–H groups in total. The van der Waals surface area contributed by atoms with Crippen LogP contribution in [0.4, 0.5) is 0 Å². The second-order valence-electron chi connectivity index (χ2n) is 4.25. The molecule has 0 radical (unpaired) electrons. The Hall–Kier alpha value is -1.84. The zero-order valence-corrected chi connectivity index (χ0v) is 12.0. The molecule has 0 aliphatic carbocycles. The maximum atomic E-state index is 6.05. The van der Waals surface area contributed by atoms with E-state index in [1.807, 2.05) is 59.2 Å². The highest BCUT2D eigenvalue weighted by Crippen LogP contribution is 2.25. The molecule has 0 saturated heterocycles. The van der Waals surface area contributed by atoms with Gasteiger partial charge in [-0.05, 0) is 24.3 Å². The van der Waals surface area contributed by atoms with Crippen LogP contribution in [0.2, 0.25) is 5.02 Å². The highest BCUT2D eigenvalue weighted by atomic mass is 35.5. The van der Waals surface area contributed by atoms with Gasteiger partial charge in [0.05, 0.1) is 5.88 Å². The van der Waals surface area contributed by atoms with Crippen LogP contribution < -0.4 is 0 Å². The van der Waals surface area contributed by atoms with Gasteiger partial charge < -0.3 is 0 Å². The van der Waals surface area contributed by atoms with Crippen LogP contribution >= 0.6 is 23.2 Å². The summed E-state index contributed by atoms with van der Waals surface area (Å²) in [4.78, 5) is 0. The van der Waals surface area contributed by atoms with Gasteiger partial charge in [-0.1, -0.05) is 41.9 Å². The lowest BCUT2D eigenvalue weighted by molar-refractivity contribution is 0.953. The monoisotopic (exact) mass is 303 g/mol. The zero-order chi connectivity index (χ0) is 13.9. The van der Waals surface area contributed by atoms with E-state index >= 15 is 0 Å². The van der Waals surface area contributed by atoms with Gasteiger partial charge in [0.2, 0.25) is 0 Å². The molecule has 0 saturated carbocycles. The summed E-state index contributed by atoms with van der Waals surface area (Å²) in [5.74, 6) is 1.73. The lowest BCUT2D eigenvalue weighted by atomic mass is 10.2. The molecule has 0 amide bonds. The van der Waals surface area contributed by atoms with Crippen molar-refractivity contribution >= 4 is 23.2 Å². The number of benzene rings is 2. The Kier molecular flexibility index (Phi) is 3.72. The van der Waals surface area contributed by atoms with E-state index in [4.69, 9.17) is 23.2 Å². The van der Waals surface area contributed by atoms with Crippen LogP contribution in [0.1, 0.15) is 5.82 Å². The van der Waals surface area contributed by atoms with E-state index in [2.05, 4.69) is 10.2 Å². The van der Waals surface area contributed by atoms with E-state index in [1.165, 1.54) is 0 Å². The van der Waals surface area contributed by atoms with Crippen LogP contribution in [0, 0.1) is 0 Å². The molecule has 2 aromatic carbocycles. The topological polar surface area (TPSA) is 30.7 Å². The van der Waals surface area contributed by atoms with Gasteiger partial charge in [0.25, 0.3) is 0 Å². The second-order valence-corrected chi connectivity index (χ2v) is 4.96. The molecule has 3 rings (SSSR count). The molecule has 0 bridgehead atoms. The maximum absolute atomic E-state index is 6.05. The van der Waals surface area contributed by atoms with Gasteiger partial charge in [0.15, 0.2) is 11.6 Å². The van der Waals surface area contributed by atoms with Gasteiger partial charge in [-0.2, -0.15) is 0 Å². The Bertz CT molecular complexity index is 723. The minimum absolute atomic E-state index is 0.294. The standard InChI is InChI=1S/C15H11Cl2N3/c16-10-14-18-19-15(11-5-4-6-12(17)9-11)20(14)13-7-2-1-3-8-13/h1-9H,10H2. The largest absolute Gasteiger partial charge is 0.278 e. The fraction of sp³-hybridized carbons (Fsp3) is 0.0667. The van der Waals surface area contributed by atoms with Crippen molar-refractivity contribution < 1.29 is 0 Å². The third-order valence-electron chi connectivity index (χ3n) is 2.95. The predicted molar refractivity (Wildman–Crippen MR) is 81.4 cm³/mol. The molecule has 1 aromatic heterocycles. The maximum Gasteiger partial charge on any atom is 0.168 e. The van der Waals surface area contributed by atoms with Crippen LogP contribution in [-0.4, -0.2) is 14.8 Å². The summed E-state index contributed by atoms with van der Waals surface area (Å²) in [5, 5.41) is 9.06. The lowest BCUT2D eigenvalue weighted by Gasteiger charge is -2.09. The number of alkyl halides is 1. The van der Waals surface area contributed by atoms with Crippen molar-refractivity contribution in [2.75, 3.05) is 0 Å². The Balaban J connectivity index is 2.20. The predicted octanol–water partition coefficient (Wildman–Crippen LogP) is 4.33. The lowest BCUT2D eigenvalue weighted by Crippen LogP contribution is -2.01. The first-order valence-corrected chi connectivity index (χ1v) is 7.02. The van der Waals surface area contributed by atoms with E-state index in [0.29, 0.717) is 16.7 Å². The number of nitrogens with zero attached hydrogens (tertiary/aromatic N) is 3. The zero-order valence-electron chi connectivity index (χ0n) is 10.5. The molecule has 0 atom stereocenters. The second kappa shape index (κ2) is 5.65. The highest BCUT2D eigenvalue weighted by molar-refractivity contribution is 6.30. The molecule has 20 heavy (non-hydrogen) atoms.